The summed E-state index contributed by atoms with van der Waals surface area (Å²) in [6, 6.07) is 21.4. The molecule has 4 heteroatoms. The van der Waals surface area contributed by atoms with Gasteiger partial charge >= 0.3 is 5.97 Å². The second-order valence-electron chi connectivity index (χ2n) is 6.32. The number of nitrogen functional groups attached to an aromatic ring is 2. The van der Waals surface area contributed by atoms with E-state index in [-0.39, 0.29) is 5.97 Å². The minimum absolute atomic E-state index is 0.324. The third kappa shape index (κ3) is 4.22. The van der Waals surface area contributed by atoms with Gasteiger partial charge in [0, 0.05) is 11.4 Å². The van der Waals surface area contributed by atoms with Crippen LogP contribution in [0.5, 0.6) is 0 Å². The smallest absolute Gasteiger partial charge is 0.338 e. The lowest BCUT2D eigenvalue weighted by Gasteiger charge is -2.11. The Labute approximate surface area is 153 Å². The van der Waals surface area contributed by atoms with E-state index in [4.69, 9.17) is 16.2 Å². The number of benzene rings is 3. The summed E-state index contributed by atoms with van der Waals surface area (Å²) >= 11 is 0. The van der Waals surface area contributed by atoms with Crippen molar-refractivity contribution < 1.29 is 9.53 Å². The summed E-state index contributed by atoms with van der Waals surface area (Å²) in [5.74, 6) is -0.324. The van der Waals surface area contributed by atoms with Crippen LogP contribution < -0.4 is 11.5 Å². The molecular weight excluding hydrogens is 324 g/mol. The van der Waals surface area contributed by atoms with E-state index in [2.05, 4.69) is 6.07 Å². The summed E-state index contributed by atoms with van der Waals surface area (Å²) in [5, 5.41) is 0. The summed E-state index contributed by atoms with van der Waals surface area (Å²) in [6.07, 6.45) is 1.37. The molecule has 0 aliphatic rings. The fourth-order valence-electron chi connectivity index (χ4n) is 2.91. The van der Waals surface area contributed by atoms with Gasteiger partial charge in [-0.3, -0.25) is 0 Å². The van der Waals surface area contributed by atoms with Crippen LogP contribution in [-0.4, -0.2) is 13.1 Å². The Morgan fingerprint density at radius 2 is 1.27 bits per heavy atom. The van der Waals surface area contributed by atoms with Crippen molar-refractivity contribution in [2.75, 3.05) is 18.6 Å². The number of anilines is 2. The van der Waals surface area contributed by atoms with E-state index < -0.39 is 0 Å². The van der Waals surface area contributed by atoms with E-state index in [9.17, 15) is 4.79 Å². The number of carbonyl (C=O) groups excluding carboxylic acids is 1. The van der Waals surface area contributed by atoms with E-state index in [0.717, 1.165) is 40.0 Å². The number of rotatable bonds is 5. The zero-order chi connectivity index (χ0) is 18.5. The standard InChI is InChI=1S/C22H22N2O2/c1-26-22(25)21-14-17(12-15-3-8-19(23)9-4-15)2-7-18(21)13-16-5-10-20(24)11-6-16/h2-11,14H,12-13,23-24H2,1H3. The van der Waals surface area contributed by atoms with Gasteiger partial charge in [0.2, 0.25) is 0 Å². The van der Waals surface area contributed by atoms with Crippen LogP contribution in [-0.2, 0) is 17.6 Å². The number of carbonyl (C=O) groups is 1. The molecule has 4 N–H and O–H groups in total. The average Bonchev–Trinajstić information content (AvgIpc) is 2.66. The normalized spacial score (nSPS) is 10.5. The second kappa shape index (κ2) is 7.74. The zero-order valence-corrected chi connectivity index (χ0v) is 14.7. The van der Waals surface area contributed by atoms with Crippen LogP contribution in [0.4, 0.5) is 11.4 Å². The number of hydrogen-bond acceptors (Lipinski definition) is 4. The molecule has 4 nitrogen and oxygen atoms in total. The van der Waals surface area contributed by atoms with E-state index in [1.807, 2.05) is 60.7 Å². The molecule has 0 unspecified atom stereocenters. The number of nitrogens with two attached hydrogens (primary N) is 2. The number of hydrogen-bond donors (Lipinski definition) is 2. The van der Waals surface area contributed by atoms with Gasteiger partial charge in [0.1, 0.15) is 0 Å². The first kappa shape index (κ1) is 17.5. The van der Waals surface area contributed by atoms with Gasteiger partial charge in [-0.25, -0.2) is 4.79 Å². The lowest BCUT2D eigenvalue weighted by molar-refractivity contribution is 0.0599. The highest BCUT2D eigenvalue weighted by molar-refractivity contribution is 5.91. The summed E-state index contributed by atoms with van der Waals surface area (Å²) in [7, 11) is 1.40. The van der Waals surface area contributed by atoms with Gasteiger partial charge < -0.3 is 16.2 Å². The molecule has 0 atom stereocenters. The van der Waals surface area contributed by atoms with Crippen LogP contribution in [0, 0.1) is 0 Å². The molecule has 0 amide bonds. The van der Waals surface area contributed by atoms with Gasteiger partial charge in [-0.2, -0.15) is 0 Å². The van der Waals surface area contributed by atoms with E-state index in [0.29, 0.717) is 12.0 Å². The van der Waals surface area contributed by atoms with Crippen LogP contribution >= 0.6 is 0 Å². The SMILES string of the molecule is COC(=O)c1cc(Cc2ccc(N)cc2)ccc1Cc1ccc(N)cc1. The Morgan fingerprint density at radius 1 is 0.769 bits per heavy atom. The van der Waals surface area contributed by atoms with Gasteiger partial charge in [-0.05, 0) is 65.4 Å². The molecule has 0 bridgehead atoms. The van der Waals surface area contributed by atoms with E-state index >= 15 is 0 Å². The largest absolute Gasteiger partial charge is 0.465 e. The third-order valence-electron chi connectivity index (χ3n) is 4.34. The van der Waals surface area contributed by atoms with Crippen molar-refractivity contribution in [3.63, 3.8) is 0 Å². The summed E-state index contributed by atoms with van der Waals surface area (Å²) in [4.78, 5) is 12.3. The third-order valence-corrected chi connectivity index (χ3v) is 4.34. The molecule has 0 aromatic heterocycles. The second-order valence-corrected chi connectivity index (χ2v) is 6.32. The van der Waals surface area contributed by atoms with Gasteiger partial charge in [0.25, 0.3) is 0 Å². The average molecular weight is 346 g/mol. The molecule has 0 aliphatic heterocycles. The Kier molecular flexibility index (Phi) is 5.23. The molecule has 0 fully saturated rings. The topological polar surface area (TPSA) is 78.3 Å². The van der Waals surface area contributed by atoms with Crippen molar-refractivity contribution in [3.8, 4) is 0 Å². The lowest BCUT2D eigenvalue weighted by Crippen LogP contribution is -2.07. The highest BCUT2D eigenvalue weighted by atomic mass is 16.5. The molecule has 0 aliphatic carbocycles. The van der Waals surface area contributed by atoms with Crippen molar-refractivity contribution in [1.82, 2.24) is 0 Å². The first-order chi connectivity index (χ1) is 12.5. The fraction of sp³-hybridized carbons (Fsp3) is 0.136. The maximum absolute atomic E-state index is 12.3. The number of ether oxygens (including phenoxy) is 1. The Balaban J connectivity index is 1.88. The molecule has 132 valence electrons. The Morgan fingerprint density at radius 3 is 1.81 bits per heavy atom. The van der Waals surface area contributed by atoms with Crippen LogP contribution in [0.15, 0.2) is 66.7 Å². The van der Waals surface area contributed by atoms with Crippen molar-refractivity contribution in [2.45, 2.75) is 12.8 Å². The molecule has 0 saturated heterocycles. The minimum Gasteiger partial charge on any atom is -0.465 e. The fourth-order valence-corrected chi connectivity index (χ4v) is 2.91. The van der Waals surface area contributed by atoms with Gasteiger partial charge in [0.05, 0.1) is 12.7 Å². The molecule has 3 aromatic rings. The molecular formula is C22H22N2O2. The molecule has 3 aromatic carbocycles. The Hall–Kier alpha value is -3.27. The van der Waals surface area contributed by atoms with Gasteiger partial charge in [-0.1, -0.05) is 36.4 Å². The summed E-state index contributed by atoms with van der Waals surface area (Å²) in [5.41, 5.74) is 17.8. The highest BCUT2D eigenvalue weighted by Crippen LogP contribution is 2.20. The van der Waals surface area contributed by atoms with Crippen molar-refractivity contribution in [3.05, 3.63) is 94.5 Å². The summed E-state index contributed by atoms with van der Waals surface area (Å²) < 4.78 is 4.98. The Bertz CT molecular complexity index is 900. The lowest BCUT2D eigenvalue weighted by atomic mass is 9.95. The molecule has 3 rings (SSSR count). The minimum atomic E-state index is -0.324. The molecule has 0 radical (unpaired) electrons. The molecule has 0 heterocycles. The van der Waals surface area contributed by atoms with Crippen LogP contribution in [0.1, 0.15) is 32.6 Å². The summed E-state index contributed by atoms with van der Waals surface area (Å²) in [6.45, 7) is 0. The van der Waals surface area contributed by atoms with Crippen molar-refractivity contribution >= 4 is 17.3 Å². The van der Waals surface area contributed by atoms with E-state index in [1.54, 1.807) is 0 Å². The molecule has 0 saturated carbocycles. The monoisotopic (exact) mass is 346 g/mol. The van der Waals surface area contributed by atoms with Crippen molar-refractivity contribution in [1.29, 1.82) is 0 Å². The first-order valence-electron chi connectivity index (χ1n) is 8.44. The van der Waals surface area contributed by atoms with Gasteiger partial charge in [-0.15, -0.1) is 0 Å². The maximum atomic E-state index is 12.3. The quantitative estimate of drug-likeness (QED) is 0.544. The predicted octanol–water partition coefficient (Wildman–Crippen LogP) is 3.82. The molecule has 26 heavy (non-hydrogen) atoms. The number of methoxy groups -OCH3 is 1. The molecule has 0 spiro atoms. The van der Waals surface area contributed by atoms with Crippen molar-refractivity contribution in [2.24, 2.45) is 0 Å². The van der Waals surface area contributed by atoms with E-state index in [1.165, 1.54) is 7.11 Å². The predicted molar refractivity (Wildman–Crippen MR) is 105 cm³/mol. The maximum Gasteiger partial charge on any atom is 0.338 e. The van der Waals surface area contributed by atoms with Crippen LogP contribution in [0.2, 0.25) is 0 Å². The highest BCUT2D eigenvalue weighted by Gasteiger charge is 2.13. The van der Waals surface area contributed by atoms with Crippen LogP contribution in [0.3, 0.4) is 0 Å². The first-order valence-corrected chi connectivity index (χ1v) is 8.44. The number of esters is 1. The zero-order valence-electron chi connectivity index (χ0n) is 14.7. The van der Waals surface area contributed by atoms with Crippen LogP contribution in [0.25, 0.3) is 0 Å². The van der Waals surface area contributed by atoms with Gasteiger partial charge in [0.15, 0.2) is 0 Å².